The second-order valence-electron chi connectivity index (χ2n) is 4.88. The summed E-state index contributed by atoms with van der Waals surface area (Å²) >= 11 is 3.21. The van der Waals surface area contributed by atoms with E-state index in [1.165, 1.54) is 6.20 Å². The number of ether oxygens (including phenoxy) is 2. The summed E-state index contributed by atoms with van der Waals surface area (Å²) in [5.41, 5.74) is 0. The standard InChI is InChI=1S/C11H16BrN3O4/c1-11(2)18-6-4-8(19-11)3-5-14-7-9(15(16)17)13-10(14)12/h7-8H,3-6H2,1-2H3. The minimum Gasteiger partial charge on any atom is -0.358 e. The Labute approximate surface area is 119 Å². The van der Waals surface area contributed by atoms with Crippen LogP contribution >= 0.6 is 15.9 Å². The highest BCUT2D eigenvalue weighted by Gasteiger charge is 2.29. The second-order valence-corrected chi connectivity index (χ2v) is 5.59. The van der Waals surface area contributed by atoms with E-state index in [2.05, 4.69) is 20.9 Å². The number of hydrogen-bond donors (Lipinski definition) is 0. The lowest BCUT2D eigenvalue weighted by Crippen LogP contribution is -2.40. The van der Waals surface area contributed by atoms with Gasteiger partial charge in [-0.1, -0.05) is 0 Å². The number of aryl methyl sites for hydroxylation is 1. The summed E-state index contributed by atoms with van der Waals surface area (Å²) in [6.07, 6.45) is 3.11. The summed E-state index contributed by atoms with van der Waals surface area (Å²) in [5.74, 6) is -0.707. The van der Waals surface area contributed by atoms with Crippen LogP contribution in [0.4, 0.5) is 5.82 Å². The van der Waals surface area contributed by atoms with E-state index in [0.29, 0.717) is 17.9 Å². The molecule has 0 saturated carbocycles. The highest BCUT2D eigenvalue weighted by molar-refractivity contribution is 9.10. The zero-order valence-corrected chi connectivity index (χ0v) is 12.4. The fourth-order valence-corrected chi connectivity index (χ4v) is 2.50. The first-order valence-corrected chi connectivity index (χ1v) is 6.85. The summed E-state index contributed by atoms with van der Waals surface area (Å²) in [7, 11) is 0. The molecule has 106 valence electrons. The fourth-order valence-electron chi connectivity index (χ4n) is 2.04. The van der Waals surface area contributed by atoms with E-state index in [1.807, 2.05) is 13.8 Å². The average molecular weight is 334 g/mol. The van der Waals surface area contributed by atoms with Crippen LogP contribution in [0.5, 0.6) is 0 Å². The molecule has 19 heavy (non-hydrogen) atoms. The van der Waals surface area contributed by atoms with Crippen molar-refractivity contribution in [1.82, 2.24) is 9.55 Å². The van der Waals surface area contributed by atoms with E-state index in [4.69, 9.17) is 9.47 Å². The molecule has 1 atom stereocenters. The maximum absolute atomic E-state index is 10.6. The van der Waals surface area contributed by atoms with E-state index in [9.17, 15) is 10.1 Å². The summed E-state index contributed by atoms with van der Waals surface area (Å²) in [4.78, 5) is 13.9. The molecule has 1 aromatic rings. The van der Waals surface area contributed by atoms with Gasteiger partial charge in [0.2, 0.25) is 0 Å². The fraction of sp³-hybridized carbons (Fsp3) is 0.727. The Kier molecular flexibility index (Phi) is 4.22. The van der Waals surface area contributed by atoms with Crippen LogP contribution in [0, 0.1) is 10.1 Å². The molecule has 0 N–H and O–H groups in total. The predicted octanol–water partition coefficient (Wildman–Crippen LogP) is 2.49. The minimum absolute atomic E-state index is 0.0945. The summed E-state index contributed by atoms with van der Waals surface area (Å²) < 4.78 is 13.4. The molecule has 0 aromatic carbocycles. The zero-order valence-electron chi connectivity index (χ0n) is 10.8. The third kappa shape index (κ3) is 3.74. The average Bonchev–Trinajstić information content (AvgIpc) is 2.67. The molecule has 7 nitrogen and oxygen atoms in total. The normalized spacial score (nSPS) is 22.4. The Morgan fingerprint density at radius 2 is 2.42 bits per heavy atom. The molecule has 0 amide bonds. The Balaban J connectivity index is 1.93. The van der Waals surface area contributed by atoms with Crippen LogP contribution in [-0.4, -0.2) is 33.0 Å². The lowest BCUT2D eigenvalue weighted by molar-refractivity contribution is -0.389. The largest absolute Gasteiger partial charge is 0.382 e. The molecule has 1 saturated heterocycles. The van der Waals surface area contributed by atoms with Crippen LogP contribution in [0.3, 0.4) is 0 Å². The van der Waals surface area contributed by atoms with E-state index < -0.39 is 10.7 Å². The van der Waals surface area contributed by atoms with Crippen molar-refractivity contribution in [3.63, 3.8) is 0 Å². The molecule has 1 aromatic heterocycles. The molecule has 0 bridgehead atoms. The van der Waals surface area contributed by atoms with Crippen molar-refractivity contribution >= 4 is 21.7 Å². The molecule has 2 heterocycles. The summed E-state index contributed by atoms with van der Waals surface area (Å²) in [6, 6.07) is 0. The van der Waals surface area contributed by atoms with Crippen molar-refractivity contribution in [2.75, 3.05) is 6.61 Å². The molecule has 0 radical (unpaired) electrons. The Morgan fingerprint density at radius 1 is 1.68 bits per heavy atom. The number of aromatic nitrogens is 2. The number of nitro groups is 1. The number of hydrogen-bond acceptors (Lipinski definition) is 5. The molecular weight excluding hydrogens is 318 g/mol. The van der Waals surface area contributed by atoms with Crippen LogP contribution in [-0.2, 0) is 16.0 Å². The SMILES string of the molecule is CC1(C)OCCC(CCn2cc([N+](=O)[O-])nc2Br)O1. The Morgan fingerprint density at radius 3 is 3.00 bits per heavy atom. The first-order valence-electron chi connectivity index (χ1n) is 6.06. The van der Waals surface area contributed by atoms with Gasteiger partial charge in [0.1, 0.15) is 6.20 Å². The van der Waals surface area contributed by atoms with Crippen molar-refractivity contribution < 1.29 is 14.4 Å². The first kappa shape index (κ1) is 14.4. The van der Waals surface area contributed by atoms with Gasteiger partial charge in [0, 0.05) is 22.5 Å². The van der Waals surface area contributed by atoms with Crippen LogP contribution in [0.25, 0.3) is 0 Å². The molecule has 1 aliphatic heterocycles. The van der Waals surface area contributed by atoms with E-state index >= 15 is 0 Å². The van der Waals surface area contributed by atoms with Gasteiger partial charge in [0.15, 0.2) is 5.79 Å². The molecule has 0 spiro atoms. The van der Waals surface area contributed by atoms with Crippen molar-refractivity contribution in [2.45, 2.75) is 45.1 Å². The highest BCUT2D eigenvalue weighted by atomic mass is 79.9. The molecule has 1 fully saturated rings. The predicted molar refractivity (Wildman–Crippen MR) is 70.7 cm³/mol. The molecule has 0 aliphatic carbocycles. The first-order chi connectivity index (χ1) is 8.87. The van der Waals surface area contributed by atoms with Crippen LogP contribution in [0.2, 0.25) is 0 Å². The summed E-state index contributed by atoms with van der Waals surface area (Å²) in [5, 5.41) is 10.6. The van der Waals surface area contributed by atoms with Gasteiger partial charge in [-0.3, -0.25) is 4.57 Å². The zero-order chi connectivity index (χ0) is 14.0. The Hall–Kier alpha value is -0.990. The smallest absolute Gasteiger partial charge is 0.358 e. The number of halogens is 1. The number of rotatable bonds is 4. The second kappa shape index (κ2) is 5.56. The maximum atomic E-state index is 10.6. The van der Waals surface area contributed by atoms with Gasteiger partial charge in [0.05, 0.1) is 12.7 Å². The third-order valence-corrected chi connectivity index (χ3v) is 3.57. The number of nitrogens with zero attached hydrogens (tertiary/aromatic N) is 3. The van der Waals surface area contributed by atoms with Gasteiger partial charge >= 0.3 is 5.82 Å². The maximum Gasteiger partial charge on any atom is 0.382 e. The highest BCUT2D eigenvalue weighted by Crippen LogP contribution is 2.25. The van der Waals surface area contributed by atoms with E-state index in [-0.39, 0.29) is 11.9 Å². The van der Waals surface area contributed by atoms with Gasteiger partial charge in [-0.25, -0.2) is 0 Å². The van der Waals surface area contributed by atoms with Crippen molar-refractivity contribution in [2.24, 2.45) is 0 Å². The minimum atomic E-state index is -0.554. The van der Waals surface area contributed by atoms with Gasteiger partial charge in [-0.2, -0.15) is 0 Å². The summed E-state index contributed by atoms with van der Waals surface area (Å²) in [6.45, 7) is 5.05. The number of imidazole rings is 1. The van der Waals surface area contributed by atoms with Crippen LogP contribution in [0.1, 0.15) is 26.7 Å². The van der Waals surface area contributed by atoms with E-state index in [0.717, 1.165) is 12.8 Å². The van der Waals surface area contributed by atoms with Crippen LogP contribution < -0.4 is 0 Å². The van der Waals surface area contributed by atoms with Gasteiger partial charge in [0.25, 0.3) is 4.73 Å². The van der Waals surface area contributed by atoms with Crippen molar-refractivity contribution in [3.8, 4) is 0 Å². The van der Waals surface area contributed by atoms with E-state index in [1.54, 1.807) is 4.57 Å². The van der Waals surface area contributed by atoms with Crippen LogP contribution in [0.15, 0.2) is 10.9 Å². The lowest BCUT2D eigenvalue weighted by atomic mass is 10.1. The van der Waals surface area contributed by atoms with Crippen molar-refractivity contribution in [1.29, 1.82) is 0 Å². The molecular formula is C11H16BrN3O4. The monoisotopic (exact) mass is 333 g/mol. The van der Waals surface area contributed by atoms with Gasteiger partial charge in [-0.05, 0) is 36.6 Å². The topological polar surface area (TPSA) is 79.4 Å². The molecule has 1 unspecified atom stereocenters. The molecule has 8 heteroatoms. The molecule has 2 rings (SSSR count). The molecule has 1 aliphatic rings. The quantitative estimate of drug-likeness (QED) is 0.624. The van der Waals surface area contributed by atoms with Gasteiger partial charge in [-0.15, -0.1) is 0 Å². The van der Waals surface area contributed by atoms with Gasteiger partial charge < -0.3 is 19.6 Å². The van der Waals surface area contributed by atoms with Crippen molar-refractivity contribution in [3.05, 3.63) is 21.0 Å². The lowest BCUT2D eigenvalue weighted by Gasteiger charge is -2.36. The Bertz CT molecular complexity index is 475. The third-order valence-electron chi connectivity index (χ3n) is 2.93.